The van der Waals surface area contributed by atoms with Gasteiger partial charge >= 0.3 is 7.12 Å². The average Bonchev–Trinajstić information content (AvgIpc) is 3.13. The quantitative estimate of drug-likeness (QED) is 0.506. The van der Waals surface area contributed by atoms with E-state index in [2.05, 4.69) is 29.7 Å². The molecule has 3 rings (SSSR count). The van der Waals surface area contributed by atoms with Crippen LogP contribution in [0.2, 0.25) is 25.7 Å². The smallest absolute Gasteiger partial charge is 0.399 e. The standard InChI is InChI=1S/C20H31BFN3O3Si/c1-19(2)20(3,4)28-21(27-19)15-8-9-16(17(22)12-15)18-23-13-25(24-18)14-26-10-11-29(5,6)7/h8-9,12-13H,10-11,14H2,1-7H3. The van der Waals surface area contributed by atoms with E-state index < -0.39 is 32.2 Å². The van der Waals surface area contributed by atoms with Gasteiger partial charge in [-0.1, -0.05) is 25.7 Å². The third-order valence-corrected chi connectivity index (χ3v) is 7.22. The zero-order chi connectivity index (χ0) is 21.4. The first kappa shape index (κ1) is 22.1. The van der Waals surface area contributed by atoms with Gasteiger partial charge in [-0.25, -0.2) is 14.1 Å². The zero-order valence-electron chi connectivity index (χ0n) is 18.5. The minimum absolute atomic E-state index is 0.311. The lowest BCUT2D eigenvalue weighted by Gasteiger charge is -2.32. The average molecular weight is 419 g/mol. The Labute approximate surface area is 173 Å². The molecule has 1 aliphatic rings. The van der Waals surface area contributed by atoms with E-state index in [1.165, 1.54) is 6.07 Å². The molecule has 0 saturated carbocycles. The summed E-state index contributed by atoms with van der Waals surface area (Å²) >= 11 is 0. The van der Waals surface area contributed by atoms with E-state index in [-0.39, 0.29) is 0 Å². The molecule has 1 aliphatic heterocycles. The van der Waals surface area contributed by atoms with Crippen LogP contribution >= 0.6 is 0 Å². The molecule has 2 heterocycles. The normalized spacial score (nSPS) is 18.4. The van der Waals surface area contributed by atoms with Crippen LogP contribution in [0.4, 0.5) is 4.39 Å². The summed E-state index contributed by atoms with van der Waals surface area (Å²) in [5.74, 6) is -0.0774. The monoisotopic (exact) mass is 419 g/mol. The number of aromatic nitrogens is 3. The maximum absolute atomic E-state index is 14.8. The molecule has 158 valence electrons. The first-order chi connectivity index (χ1) is 13.4. The van der Waals surface area contributed by atoms with Crippen molar-refractivity contribution in [1.29, 1.82) is 0 Å². The molecule has 0 aliphatic carbocycles. The Kier molecular flexibility index (Phi) is 6.06. The third kappa shape index (κ3) is 5.14. The molecule has 0 unspecified atom stereocenters. The predicted octanol–water partition coefficient (Wildman–Crippen LogP) is 3.70. The van der Waals surface area contributed by atoms with E-state index in [1.54, 1.807) is 23.1 Å². The number of hydrogen-bond donors (Lipinski definition) is 0. The lowest BCUT2D eigenvalue weighted by Crippen LogP contribution is -2.41. The molecule has 9 heteroatoms. The van der Waals surface area contributed by atoms with Crippen molar-refractivity contribution < 1.29 is 18.4 Å². The highest BCUT2D eigenvalue weighted by molar-refractivity contribution is 6.76. The number of hydrogen-bond acceptors (Lipinski definition) is 5. The molecule has 1 aromatic carbocycles. The molecule has 1 saturated heterocycles. The highest BCUT2D eigenvalue weighted by Gasteiger charge is 2.51. The second kappa shape index (κ2) is 7.94. The van der Waals surface area contributed by atoms with Gasteiger partial charge in [0.25, 0.3) is 0 Å². The predicted molar refractivity (Wildman–Crippen MR) is 115 cm³/mol. The molecular weight excluding hydrogens is 388 g/mol. The van der Waals surface area contributed by atoms with Gasteiger partial charge in [0.15, 0.2) is 5.82 Å². The van der Waals surface area contributed by atoms with Gasteiger partial charge < -0.3 is 14.0 Å². The van der Waals surface area contributed by atoms with Gasteiger partial charge in [-0.05, 0) is 51.3 Å². The van der Waals surface area contributed by atoms with E-state index in [1.807, 2.05) is 27.7 Å². The van der Waals surface area contributed by atoms with Gasteiger partial charge in [-0.2, -0.15) is 0 Å². The van der Waals surface area contributed by atoms with Crippen molar-refractivity contribution in [1.82, 2.24) is 14.8 Å². The van der Waals surface area contributed by atoms with Gasteiger partial charge in [0, 0.05) is 14.7 Å². The van der Waals surface area contributed by atoms with E-state index in [0.29, 0.717) is 30.2 Å². The summed E-state index contributed by atoms with van der Waals surface area (Å²) in [6.45, 7) is 15.8. The van der Waals surface area contributed by atoms with Crippen molar-refractivity contribution in [2.75, 3.05) is 6.61 Å². The van der Waals surface area contributed by atoms with Crippen molar-refractivity contribution in [3.63, 3.8) is 0 Å². The summed E-state index contributed by atoms with van der Waals surface area (Å²) in [7, 11) is -1.73. The minimum atomic E-state index is -1.13. The van der Waals surface area contributed by atoms with Crippen molar-refractivity contribution in [2.24, 2.45) is 0 Å². The second-order valence-corrected chi connectivity index (χ2v) is 15.4. The molecule has 0 N–H and O–H groups in total. The summed E-state index contributed by atoms with van der Waals surface area (Å²) in [4.78, 5) is 4.23. The van der Waals surface area contributed by atoms with E-state index in [0.717, 1.165) is 6.04 Å². The van der Waals surface area contributed by atoms with Crippen LogP contribution in [0.3, 0.4) is 0 Å². The maximum Gasteiger partial charge on any atom is 0.494 e. The Balaban J connectivity index is 1.66. The molecule has 1 fully saturated rings. The van der Waals surface area contributed by atoms with Gasteiger partial charge in [-0.15, -0.1) is 5.10 Å². The van der Waals surface area contributed by atoms with Crippen molar-refractivity contribution in [3.8, 4) is 11.4 Å². The summed E-state index contributed by atoms with van der Waals surface area (Å²) in [6, 6.07) is 5.99. The fourth-order valence-corrected chi connectivity index (χ4v) is 3.61. The lowest BCUT2D eigenvalue weighted by molar-refractivity contribution is 0.00578. The van der Waals surface area contributed by atoms with Crippen molar-refractivity contribution in [2.45, 2.75) is 71.3 Å². The first-order valence-corrected chi connectivity index (χ1v) is 13.7. The molecular formula is C20H31BFN3O3Si. The minimum Gasteiger partial charge on any atom is -0.399 e. The summed E-state index contributed by atoms with van der Waals surface area (Å²) in [6.07, 6.45) is 1.56. The number of halogens is 1. The number of nitrogens with zero attached hydrogens (tertiary/aromatic N) is 3. The highest BCUT2D eigenvalue weighted by atomic mass is 28.3. The molecule has 0 bridgehead atoms. The fourth-order valence-electron chi connectivity index (χ4n) is 2.86. The van der Waals surface area contributed by atoms with Crippen LogP contribution in [-0.2, 0) is 20.8 Å². The molecule has 0 atom stereocenters. The Bertz CT molecular complexity index is 851. The Morgan fingerprint density at radius 2 is 1.79 bits per heavy atom. The molecule has 29 heavy (non-hydrogen) atoms. The number of rotatable bonds is 7. The third-order valence-electron chi connectivity index (χ3n) is 5.52. The Hall–Kier alpha value is -1.55. The molecule has 0 amide bonds. The van der Waals surface area contributed by atoms with Crippen LogP contribution in [0, 0.1) is 5.82 Å². The van der Waals surface area contributed by atoms with Gasteiger partial charge in [0.2, 0.25) is 0 Å². The SMILES string of the molecule is CC1(C)OB(c2ccc(-c3ncn(COCC[Si](C)(C)C)n3)c(F)c2)OC1(C)C. The van der Waals surface area contributed by atoms with E-state index in [9.17, 15) is 4.39 Å². The van der Waals surface area contributed by atoms with Gasteiger partial charge in [0.1, 0.15) is 18.9 Å². The molecule has 2 aromatic rings. The lowest BCUT2D eigenvalue weighted by atomic mass is 9.78. The first-order valence-electron chi connectivity index (χ1n) is 10.0. The maximum atomic E-state index is 14.8. The van der Waals surface area contributed by atoms with Crippen LogP contribution in [0.15, 0.2) is 24.5 Å². The zero-order valence-corrected chi connectivity index (χ0v) is 19.5. The highest BCUT2D eigenvalue weighted by Crippen LogP contribution is 2.36. The van der Waals surface area contributed by atoms with E-state index >= 15 is 0 Å². The van der Waals surface area contributed by atoms with Crippen LogP contribution in [0.25, 0.3) is 11.4 Å². The second-order valence-electron chi connectivity index (χ2n) is 9.78. The number of ether oxygens (including phenoxy) is 1. The summed E-state index contributed by atoms with van der Waals surface area (Å²) in [5.41, 5.74) is 0.0377. The van der Waals surface area contributed by atoms with Crippen LogP contribution in [0.5, 0.6) is 0 Å². The summed E-state index contributed by atoms with van der Waals surface area (Å²) in [5, 5.41) is 4.34. The van der Waals surface area contributed by atoms with Crippen molar-refractivity contribution >= 4 is 20.7 Å². The summed E-state index contributed by atoms with van der Waals surface area (Å²) < 4.78 is 34.0. The van der Waals surface area contributed by atoms with Crippen LogP contribution in [-0.4, -0.2) is 47.8 Å². The molecule has 1 aromatic heterocycles. The van der Waals surface area contributed by atoms with E-state index in [4.69, 9.17) is 14.0 Å². The topological polar surface area (TPSA) is 58.4 Å². The Morgan fingerprint density at radius 1 is 1.14 bits per heavy atom. The molecule has 0 radical (unpaired) electrons. The number of benzene rings is 1. The van der Waals surface area contributed by atoms with Crippen LogP contribution in [0.1, 0.15) is 27.7 Å². The fraction of sp³-hybridized carbons (Fsp3) is 0.600. The largest absolute Gasteiger partial charge is 0.494 e. The molecule has 6 nitrogen and oxygen atoms in total. The van der Waals surface area contributed by atoms with Gasteiger partial charge in [0.05, 0.1) is 16.8 Å². The van der Waals surface area contributed by atoms with Gasteiger partial charge in [-0.3, -0.25) is 0 Å². The Morgan fingerprint density at radius 3 is 2.38 bits per heavy atom. The van der Waals surface area contributed by atoms with Crippen LogP contribution < -0.4 is 5.46 Å². The van der Waals surface area contributed by atoms with Crippen molar-refractivity contribution in [3.05, 3.63) is 30.3 Å². The molecule has 0 spiro atoms.